The van der Waals surface area contributed by atoms with E-state index in [1.807, 2.05) is 0 Å². The summed E-state index contributed by atoms with van der Waals surface area (Å²) >= 11 is 12.4. The van der Waals surface area contributed by atoms with Crippen molar-refractivity contribution < 1.29 is 18.7 Å². The minimum absolute atomic E-state index is 0.142. The Hall–Kier alpha value is -2.09. The van der Waals surface area contributed by atoms with Crippen LogP contribution in [0.2, 0.25) is 5.02 Å². The molecule has 0 unspecified atom stereocenters. The van der Waals surface area contributed by atoms with Crippen LogP contribution in [0.15, 0.2) is 41.3 Å². The lowest BCUT2D eigenvalue weighted by atomic mass is 10.2. The number of thiocarbonyl (C=S) groups is 1. The van der Waals surface area contributed by atoms with Crippen LogP contribution < -0.4 is 14.4 Å². The zero-order chi connectivity index (χ0) is 17.6. The van der Waals surface area contributed by atoms with E-state index >= 15 is 0 Å². The lowest BCUT2D eigenvalue weighted by Gasteiger charge is -2.14. The summed E-state index contributed by atoms with van der Waals surface area (Å²) in [5.41, 5.74) is 0.727. The summed E-state index contributed by atoms with van der Waals surface area (Å²) in [5, 5.41) is 0.230. The van der Waals surface area contributed by atoms with E-state index in [4.69, 9.17) is 33.3 Å². The van der Waals surface area contributed by atoms with E-state index in [0.29, 0.717) is 26.4 Å². The molecule has 0 spiro atoms. The molecule has 0 aromatic heterocycles. The fourth-order valence-electron chi connectivity index (χ4n) is 2.49. The molecule has 2 heterocycles. The van der Waals surface area contributed by atoms with Gasteiger partial charge in [-0.1, -0.05) is 41.6 Å². The largest absolute Gasteiger partial charge is 0.454 e. The molecular formula is C17H9ClFNO3S2. The number of rotatable bonds is 2. The molecular weight excluding hydrogens is 385 g/mol. The fourth-order valence-corrected chi connectivity index (χ4v) is 3.99. The monoisotopic (exact) mass is 393 g/mol. The van der Waals surface area contributed by atoms with Gasteiger partial charge in [-0.05, 0) is 30.3 Å². The third-order valence-corrected chi connectivity index (χ3v) is 5.31. The van der Waals surface area contributed by atoms with E-state index in [1.165, 1.54) is 23.1 Å². The molecule has 2 aromatic rings. The summed E-state index contributed by atoms with van der Waals surface area (Å²) in [4.78, 5) is 14.4. The standard InChI is InChI=1S/C17H9ClFNO3S2/c18-11-2-1-3-12(19)10(11)7-15-16(21)20(17(24)25-15)9-4-5-13-14(6-9)23-8-22-13/h1-7H,8H2/b15-7+. The third kappa shape index (κ3) is 2.88. The van der Waals surface area contributed by atoms with Crippen molar-refractivity contribution in [2.75, 3.05) is 11.7 Å². The minimum atomic E-state index is -0.499. The summed E-state index contributed by atoms with van der Waals surface area (Å²) in [5.74, 6) is 0.324. The molecule has 126 valence electrons. The number of ether oxygens (including phenoxy) is 2. The van der Waals surface area contributed by atoms with Crippen molar-refractivity contribution in [3.8, 4) is 11.5 Å². The highest BCUT2D eigenvalue weighted by Crippen LogP contribution is 2.41. The molecule has 0 radical (unpaired) electrons. The molecule has 0 saturated carbocycles. The number of thioether (sulfide) groups is 1. The molecule has 1 amide bonds. The number of halogens is 2. The first-order valence-electron chi connectivity index (χ1n) is 7.16. The van der Waals surface area contributed by atoms with Crippen molar-refractivity contribution in [2.45, 2.75) is 0 Å². The van der Waals surface area contributed by atoms with Gasteiger partial charge in [0.25, 0.3) is 5.91 Å². The van der Waals surface area contributed by atoms with Crippen LogP contribution in [0.25, 0.3) is 6.08 Å². The second kappa shape index (κ2) is 6.33. The Morgan fingerprint density at radius 2 is 2.04 bits per heavy atom. The molecule has 0 atom stereocenters. The van der Waals surface area contributed by atoms with Crippen molar-refractivity contribution in [3.63, 3.8) is 0 Å². The average molecular weight is 394 g/mol. The van der Waals surface area contributed by atoms with Gasteiger partial charge in [0.2, 0.25) is 6.79 Å². The number of carbonyl (C=O) groups excluding carboxylic acids is 1. The Kier molecular flexibility index (Phi) is 4.15. The molecule has 1 fully saturated rings. The lowest BCUT2D eigenvalue weighted by molar-refractivity contribution is -0.113. The highest BCUT2D eigenvalue weighted by molar-refractivity contribution is 8.27. The predicted octanol–water partition coefficient (Wildman–Crippen LogP) is 4.61. The van der Waals surface area contributed by atoms with Gasteiger partial charge in [0.05, 0.1) is 15.6 Å². The molecule has 0 N–H and O–H groups in total. The van der Waals surface area contributed by atoms with Crippen LogP contribution in [0.4, 0.5) is 10.1 Å². The normalized spacial score (nSPS) is 17.7. The molecule has 25 heavy (non-hydrogen) atoms. The summed E-state index contributed by atoms with van der Waals surface area (Å²) in [6, 6.07) is 9.48. The van der Waals surface area contributed by atoms with Gasteiger partial charge < -0.3 is 9.47 Å². The second-order valence-electron chi connectivity index (χ2n) is 5.19. The number of hydrogen-bond acceptors (Lipinski definition) is 5. The quantitative estimate of drug-likeness (QED) is 0.550. The van der Waals surface area contributed by atoms with Crippen molar-refractivity contribution in [1.82, 2.24) is 0 Å². The van der Waals surface area contributed by atoms with Crippen LogP contribution in [-0.4, -0.2) is 17.0 Å². The second-order valence-corrected chi connectivity index (χ2v) is 7.27. The minimum Gasteiger partial charge on any atom is -0.454 e. The topological polar surface area (TPSA) is 38.8 Å². The molecule has 2 aliphatic rings. The van der Waals surface area contributed by atoms with Crippen LogP contribution in [0.5, 0.6) is 11.5 Å². The zero-order valence-corrected chi connectivity index (χ0v) is 14.9. The maximum atomic E-state index is 14.0. The Balaban J connectivity index is 1.70. The number of hydrogen-bond donors (Lipinski definition) is 0. The first kappa shape index (κ1) is 16.4. The Morgan fingerprint density at radius 3 is 2.84 bits per heavy atom. The highest BCUT2D eigenvalue weighted by atomic mass is 35.5. The lowest BCUT2D eigenvalue weighted by Crippen LogP contribution is -2.27. The summed E-state index contributed by atoms with van der Waals surface area (Å²) in [6.45, 7) is 0.142. The number of carbonyl (C=O) groups is 1. The Morgan fingerprint density at radius 1 is 1.24 bits per heavy atom. The van der Waals surface area contributed by atoms with Gasteiger partial charge in [-0.2, -0.15) is 0 Å². The van der Waals surface area contributed by atoms with Gasteiger partial charge in [0.1, 0.15) is 5.82 Å². The van der Waals surface area contributed by atoms with Crippen molar-refractivity contribution in [3.05, 3.63) is 57.7 Å². The van der Waals surface area contributed by atoms with Gasteiger partial charge in [-0.3, -0.25) is 9.69 Å². The van der Waals surface area contributed by atoms with Crippen molar-refractivity contribution >= 4 is 57.6 Å². The molecule has 1 saturated heterocycles. The van der Waals surface area contributed by atoms with Crippen LogP contribution in [-0.2, 0) is 4.79 Å². The van der Waals surface area contributed by atoms with Crippen LogP contribution in [0.3, 0.4) is 0 Å². The van der Waals surface area contributed by atoms with E-state index in [-0.39, 0.29) is 23.3 Å². The van der Waals surface area contributed by atoms with E-state index in [0.717, 1.165) is 11.8 Å². The molecule has 2 aromatic carbocycles. The molecule has 8 heteroatoms. The zero-order valence-electron chi connectivity index (χ0n) is 12.5. The summed E-state index contributed by atoms with van der Waals surface area (Å²) < 4.78 is 24.9. The average Bonchev–Trinajstić information content (AvgIpc) is 3.15. The number of amides is 1. The Labute approximate surface area is 157 Å². The molecule has 0 aliphatic carbocycles. The molecule has 4 rings (SSSR count). The van der Waals surface area contributed by atoms with E-state index in [2.05, 4.69) is 0 Å². The molecule has 4 nitrogen and oxygen atoms in total. The first-order chi connectivity index (χ1) is 12.0. The predicted molar refractivity (Wildman–Crippen MR) is 99.6 cm³/mol. The number of anilines is 1. The Bertz CT molecular complexity index is 927. The van der Waals surface area contributed by atoms with Crippen molar-refractivity contribution in [1.29, 1.82) is 0 Å². The smallest absolute Gasteiger partial charge is 0.270 e. The van der Waals surface area contributed by atoms with Crippen molar-refractivity contribution in [2.24, 2.45) is 0 Å². The van der Waals surface area contributed by atoms with E-state index in [1.54, 1.807) is 24.3 Å². The highest BCUT2D eigenvalue weighted by Gasteiger charge is 2.34. The summed E-state index contributed by atoms with van der Waals surface area (Å²) in [6.07, 6.45) is 1.42. The number of nitrogens with zero attached hydrogens (tertiary/aromatic N) is 1. The first-order valence-corrected chi connectivity index (χ1v) is 8.76. The molecule has 0 bridgehead atoms. The maximum absolute atomic E-state index is 14.0. The van der Waals surface area contributed by atoms with Gasteiger partial charge in [0, 0.05) is 11.6 Å². The number of fused-ring (bicyclic) bond motifs is 1. The van der Waals surface area contributed by atoms with E-state index < -0.39 is 5.82 Å². The molecule has 2 aliphatic heterocycles. The fraction of sp³-hybridized carbons (Fsp3) is 0.0588. The summed E-state index contributed by atoms with van der Waals surface area (Å²) in [7, 11) is 0. The SMILES string of the molecule is O=C1/C(=C\c2c(F)cccc2Cl)SC(=S)N1c1ccc2c(c1)OCO2. The van der Waals surface area contributed by atoms with Gasteiger partial charge >= 0.3 is 0 Å². The van der Waals surface area contributed by atoms with Crippen LogP contribution >= 0.6 is 35.6 Å². The third-order valence-electron chi connectivity index (χ3n) is 3.68. The van der Waals surface area contributed by atoms with Gasteiger partial charge in [0.15, 0.2) is 15.8 Å². The van der Waals surface area contributed by atoms with E-state index in [9.17, 15) is 9.18 Å². The van der Waals surface area contributed by atoms with Crippen LogP contribution in [0, 0.1) is 5.82 Å². The van der Waals surface area contributed by atoms with Gasteiger partial charge in [-0.15, -0.1) is 0 Å². The van der Waals surface area contributed by atoms with Crippen LogP contribution in [0.1, 0.15) is 5.56 Å². The maximum Gasteiger partial charge on any atom is 0.270 e. The van der Waals surface area contributed by atoms with Gasteiger partial charge in [-0.25, -0.2) is 4.39 Å². The number of benzene rings is 2.